The van der Waals surface area contributed by atoms with Gasteiger partial charge in [-0.3, -0.25) is 0 Å². The third-order valence-corrected chi connectivity index (χ3v) is 4.28. The topological polar surface area (TPSA) is 29.3 Å². The first-order valence-electron chi connectivity index (χ1n) is 7.17. The van der Waals surface area contributed by atoms with Gasteiger partial charge in [0.25, 0.3) is 0 Å². The van der Waals surface area contributed by atoms with Crippen LogP contribution in [0, 0.1) is 5.82 Å². The molecule has 1 aliphatic heterocycles. The van der Waals surface area contributed by atoms with Crippen molar-refractivity contribution >= 4 is 17.3 Å². The molecule has 0 amide bonds. The van der Waals surface area contributed by atoms with Crippen LogP contribution in [0.3, 0.4) is 0 Å². The van der Waals surface area contributed by atoms with E-state index in [0.717, 1.165) is 13.0 Å². The van der Waals surface area contributed by atoms with Gasteiger partial charge in [-0.2, -0.15) is 0 Å². The predicted molar refractivity (Wildman–Crippen MR) is 85.3 cm³/mol. The summed E-state index contributed by atoms with van der Waals surface area (Å²) in [7, 11) is 0. The summed E-state index contributed by atoms with van der Waals surface area (Å²) in [5.74, 6) is 0.215. The zero-order valence-electron chi connectivity index (χ0n) is 11.7. The van der Waals surface area contributed by atoms with Crippen molar-refractivity contribution in [2.45, 2.75) is 18.9 Å². The molecule has 0 aromatic heterocycles. The average molecular weight is 305 g/mol. The summed E-state index contributed by atoms with van der Waals surface area (Å²) in [5, 5.41) is 0.567. The molecule has 3 rings (SSSR count). The number of para-hydroxylation sites is 1. The van der Waals surface area contributed by atoms with Crippen LogP contribution in [-0.4, -0.2) is 13.1 Å². The highest BCUT2D eigenvalue weighted by Crippen LogP contribution is 2.38. The van der Waals surface area contributed by atoms with Crippen LogP contribution in [0.4, 0.5) is 10.1 Å². The Kier molecular flexibility index (Phi) is 4.13. The number of fused-ring (bicyclic) bond motifs is 1. The maximum atomic E-state index is 13.9. The first-order valence-corrected chi connectivity index (χ1v) is 7.54. The van der Waals surface area contributed by atoms with E-state index in [4.69, 9.17) is 17.3 Å². The van der Waals surface area contributed by atoms with Crippen LogP contribution >= 0.6 is 11.6 Å². The summed E-state index contributed by atoms with van der Waals surface area (Å²) in [4.78, 5) is 2.21. The molecular formula is C17H18ClFN2. The monoisotopic (exact) mass is 304 g/mol. The second-order valence-electron chi connectivity index (χ2n) is 5.45. The molecule has 0 fully saturated rings. The highest BCUT2D eigenvalue weighted by atomic mass is 35.5. The number of hydrogen-bond acceptors (Lipinski definition) is 2. The minimum absolute atomic E-state index is 0.209. The largest absolute Gasteiger partial charge is 0.366 e. The van der Waals surface area contributed by atoms with E-state index in [1.165, 1.54) is 17.3 Å². The van der Waals surface area contributed by atoms with E-state index in [1.807, 2.05) is 12.1 Å². The molecule has 0 saturated heterocycles. The Morgan fingerprint density at radius 2 is 2.05 bits per heavy atom. The Morgan fingerprint density at radius 3 is 2.86 bits per heavy atom. The molecule has 2 aromatic rings. The van der Waals surface area contributed by atoms with Crippen LogP contribution in [0.25, 0.3) is 0 Å². The molecule has 4 heteroatoms. The van der Waals surface area contributed by atoms with Crippen molar-refractivity contribution in [3.05, 3.63) is 64.4 Å². The highest BCUT2D eigenvalue weighted by molar-refractivity contribution is 6.30. The Hall–Kier alpha value is -1.58. The number of nitrogens with two attached hydrogens (primary N) is 1. The first kappa shape index (κ1) is 14.4. The number of nitrogens with zero attached hydrogens (tertiary/aromatic N) is 1. The van der Waals surface area contributed by atoms with Gasteiger partial charge in [0, 0.05) is 35.3 Å². The van der Waals surface area contributed by atoms with E-state index in [0.29, 0.717) is 29.6 Å². The van der Waals surface area contributed by atoms with Crippen molar-refractivity contribution in [2.24, 2.45) is 5.73 Å². The van der Waals surface area contributed by atoms with Crippen LogP contribution in [0.5, 0.6) is 0 Å². The van der Waals surface area contributed by atoms with E-state index in [-0.39, 0.29) is 5.82 Å². The quantitative estimate of drug-likeness (QED) is 0.927. The molecule has 0 aliphatic carbocycles. The summed E-state index contributed by atoms with van der Waals surface area (Å²) in [6.07, 6.45) is 0.950. The number of hydrogen-bond donors (Lipinski definition) is 1. The van der Waals surface area contributed by atoms with Crippen LogP contribution in [-0.2, 0) is 6.54 Å². The second-order valence-corrected chi connectivity index (χ2v) is 5.89. The van der Waals surface area contributed by atoms with Gasteiger partial charge in [-0.05, 0) is 42.8 Å². The second kappa shape index (κ2) is 6.04. The molecule has 1 atom stereocenters. The number of benzene rings is 2. The summed E-state index contributed by atoms with van der Waals surface area (Å²) >= 11 is 5.98. The van der Waals surface area contributed by atoms with E-state index in [2.05, 4.69) is 17.0 Å². The fourth-order valence-corrected chi connectivity index (χ4v) is 3.25. The molecule has 0 bridgehead atoms. The predicted octanol–water partition coefficient (Wildman–Crippen LogP) is 3.93. The minimum atomic E-state index is -0.209. The number of rotatable bonds is 4. The van der Waals surface area contributed by atoms with Gasteiger partial charge in [-0.15, -0.1) is 0 Å². The fraction of sp³-hybridized carbons (Fsp3) is 0.294. The molecule has 1 heterocycles. The van der Waals surface area contributed by atoms with Crippen molar-refractivity contribution in [3.8, 4) is 0 Å². The van der Waals surface area contributed by atoms with Crippen LogP contribution in [0.2, 0.25) is 5.02 Å². The standard InChI is InChI=1S/C17H18ClFN2/c18-14-5-6-16(19)13(9-14)11-21-10-12(7-8-20)15-3-1-2-4-17(15)21/h1-6,9,12H,7-8,10-11,20H2. The van der Waals surface area contributed by atoms with Gasteiger partial charge in [-0.1, -0.05) is 29.8 Å². The van der Waals surface area contributed by atoms with Gasteiger partial charge in [-0.25, -0.2) is 4.39 Å². The fourth-order valence-electron chi connectivity index (χ4n) is 3.05. The van der Waals surface area contributed by atoms with Crippen molar-refractivity contribution in [1.82, 2.24) is 0 Å². The van der Waals surface area contributed by atoms with Gasteiger partial charge in [0.05, 0.1) is 0 Å². The van der Waals surface area contributed by atoms with E-state index in [9.17, 15) is 4.39 Å². The Bertz CT molecular complexity index is 644. The Labute approximate surface area is 129 Å². The lowest BCUT2D eigenvalue weighted by atomic mass is 9.98. The molecule has 1 aliphatic rings. The van der Waals surface area contributed by atoms with Gasteiger partial charge in [0.15, 0.2) is 0 Å². The molecule has 0 radical (unpaired) electrons. The molecule has 0 saturated carbocycles. The molecule has 2 N–H and O–H groups in total. The van der Waals surface area contributed by atoms with Crippen LogP contribution in [0.1, 0.15) is 23.5 Å². The van der Waals surface area contributed by atoms with E-state index < -0.39 is 0 Å². The Balaban J connectivity index is 1.88. The summed E-state index contributed by atoms with van der Waals surface area (Å²) < 4.78 is 13.9. The van der Waals surface area contributed by atoms with Crippen LogP contribution in [0.15, 0.2) is 42.5 Å². The van der Waals surface area contributed by atoms with Crippen molar-refractivity contribution in [2.75, 3.05) is 18.0 Å². The van der Waals surface area contributed by atoms with Gasteiger partial charge < -0.3 is 10.6 Å². The van der Waals surface area contributed by atoms with Gasteiger partial charge in [0.2, 0.25) is 0 Å². The van der Waals surface area contributed by atoms with Crippen LogP contribution < -0.4 is 10.6 Å². The molecular weight excluding hydrogens is 287 g/mol. The number of halogens is 2. The zero-order chi connectivity index (χ0) is 14.8. The maximum absolute atomic E-state index is 13.9. The molecule has 2 nitrogen and oxygen atoms in total. The minimum Gasteiger partial charge on any atom is -0.366 e. The van der Waals surface area contributed by atoms with Crippen molar-refractivity contribution in [1.29, 1.82) is 0 Å². The van der Waals surface area contributed by atoms with Crippen molar-refractivity contribution < 1.29 is 4.39 Å². The molecule has 2 aromatic carbocycles. The molecule has 0 spiro atoms. The normalized spacial score (nSPS) is 17.1. The zero-order valence-corrected chi connectivity index (χ0v) is 12.5. The van der Waals surface area contributed by atoms with Gasteiger partial charge in [0.1, 0.15) is 5.82 Å². The summed E-state index contributed by atoms with van der Waals surface area (Å²) in [5.41, 5.74) is 8.83. The maximum Gasteiger partial charge on any atom is 0.128 e. The first-order chi connectivity index (χ1) is 10.2. The third kappa shape index (κ3) is 2.89. The third-order valence-electron chi connectivity index (χ3n) is 4.04. The smallest absolute Gasteiger partial charge is 0.128 e. The average Bonchev–Trinajstić information content (AvgIpc) is 2.82. The lowest BCUT2D eigenvalue weighted by Crippen LogP contribution is -2.22. The van der Waals surface area contributed by atoms with Crippen molar-refractivity contribution in [3.63, 3.8) is 0 Å². The Morgan fingerprint density at radius 1 is 1.24 bits per heavy atom. The summed E-state index contributed by atoms with van der Waals surface area (Å²) in [6, 6.07) is 13.0. The van der Waals surface area contributed by atoms with E-state index >= 15 is 0 Å². The SMILES string of the molecule is NCCC1CN(Cc2cc(Cl)ccc2F)c2ccccc21. The van der Waals surface area contributed by atoms with Gasteiger partial charge >= 0.3 is 0 Å². The molecule has 1 unspecified atom stereocenters. The lowest BCUT2D eigenvalue weighted by molar-refractivity contribution is 0.597. The highest BCUT2D eigenvalue weighted by Gasteiger charge is 2.28. The molecule has 110 valence electrons. The number of anilines is 1. The lowest BCUT2D eigenvalue weighted by Gasteiger charge is -2.20. The summed E-state index contributed by atoms with van der Waals surface area (Å²) in [6.45, 7) is 2.07. The van der Waals surface area contributed by atoms with E-state index in [1.54, 1.807) is 12.1 Å². The molecule has 21 heavy (non-hydrogen) atoms.